The number of carbonyl (C=O) groups is 2. The Hall–Kier alpha value is -1.99. The summed E-state index contributed by atoms with van der Waals surface area (Å²) in [6, 6.07) is 5.41. The number of hydrogen-bond acceptors (Lipinski definition) is 4. The second kappa shape index (κ2) is 8.60. The van der Waals surface area contributed by atoms with Gasteiger partial charge in [0, 0.05) is 0 Å². The van der Waals surface area contributed by atoms with E-state index >= 15 is 0 Å². The minimum atomic E-state index is -1.24. The van der Waals surface area contributed by atoms with Crippen LogP contribution in [0, 0.1) is 5.82 Å². The molecule has 6 nitrogen and oxygen atoms in total. The maximum atomic E-state index is 13.7. The molecule has 0 spiro atoms. The Bertz CT molecular complexity index is 650. The monoisotopic (exact) mass is 366 g/mol. The molecule has 7 heteroatoms. The van der Waals surface area contributed by atoms with Gasteiger partial charge in [0.1, 0.15) is 11.4 Å². The van der Waals surface area contributed by atoms with Crippen LogP contribution in [0.25, 0.3) is 0 Å². The normalized spacial score (nSPS) is 23.8. The Kier molecular flexibility index (Phi) is 6.72. The molecule has 0 aromatic heterocycles. The quantitative estimate of drug-likeness (QED) is 0.585. The number of aliphatic hydroxyl groups excluding tert-OH is 2. The molecule has 3 atom stereocenters. The number of halogens is 1. The van der Waals surface area contributed by atoms with Gasteiger partial charge in [-0.15, -0.1) is 0 Å². The molecule has 0 saturated heterocycles. The fourth-order valence-corrected chi connectivity index (χ4v) is 3.10. The van der Waals surface area contributed by atoms with E-state index in [-0.39, 0.29) is 12.0 Å². The standard InChI is InChI=1S/C19H27FN2O4/c1-19(2,22-16(24)11-12-7-3-4-8-13(12)20)18(26)21-14-9-5-6-10-15(23)17(14)25/h3-4,7-8,14-15,17,23,25H,5-6,9-11H2,1-2H3,(H,21,26)(H,22,24)/t14-,15-,17-/m1/s1. The molecule has 0 heterocycles. The van der Waals surface area contributed by atoms with Crippen molar-refractivity contribution >= 4 is 11.8 Å². The molecule has 0 aliphatic heterocycles. The minimum absolute atomic E-state index is 0.172. The van der Waals surface area contributed by atoms with Gasteiger partial charge in [0.25, 0.3) is 0 Å². The molecule has 1 fully saturated rings. The number of rotatable bonds is 5. The highest BCUT2D eigenvalue weighted by atomic mass is 19.1. The molecule has 2 rings (SSSR count). The van der Waals surface area contributed by atoms with Crippen molar-refractivity contribution in [1.82, 2.24) is 10.6 Å². The topological polar surface area (TPSA) is 98.7 Å². The molecule has 1 aromatic rings. The van der Waals surface area contributed by atoms with E-state index in [9.17, 15) is 24.2 Å². The van der Waals surface area contributed by atoms with Crippen LogP contribution in [0.4, 0.5) is 4.39 Å². The highest BCUT2D eigenvalue weighted by Gasteiger charge is 2.35. The van der Waals surface area contributed by atoms with Crippen LogP contribution in [-0.2, 0) is 16.0 Å². The van der Waals surface area contributed by atoms with Gasteiger partial charge in [0.15, 0.2) is 0 Å². The van der Waals surface area contributed by atoms with E-state index in [1.807, 2.05) is 0 Å². The Morgan fingerprint density at radius 2 is 1.85 bits per heavy atom. The van der Waals surface area contributed by atoms with E-state index in [0.29, 0.717) is 12.8 Å². The van der Waals surface area contributed by atoms with Gasteiger partial charge in [0.05, 0.1) is 24.7 Å². The van der Waals surface area contributed by atoms with Gasteiger partial charge in [-0.05, 0) is 38.3 Å². The fourth-order valence-electron chi connectivity index (χ4n) is 3.10. The van der Waals surface area contributed by atoms with Crippen LogP contribution in [0.2, 0.25) is 0 Å². The Labute approximate surface area is 152 Å². The van der Waals surface area contributed by atoms with E-state index in [1.165, 1.54) is 12.1 Å². The van der Waals surface area contributed by atoms with E-state index in [0.717, 1.165) is 12.8 Å². The lowest BCUT2D eigenvalue weighted by Crippen LogP contribution is -2.59. The van der Waals surface area contributed by atoms with Crippen molar-refractivity contribution < 1.29 is 24.2 Å². The first-order chi connectivity index (χ1) is 12.2. The van der Waals surface area contributed by atoms with Crippen molar-refractivity contribution in [3.05, 3.63) is 35.6 Å². The number of benzene rings is 1. The Morgan fingerprint density at radius 3 is 2.54 bits per heavy atom. The number of aliphatic hydroxyl groups is 2. The summed E-state index contributed by atoms with van der Waals surface area (Å²) >= 11 is 0. The molecule has 1 aliphatic carbocycles. The molecule has 0 bridgehead atoms. The van der Waals surface area contributed by atoms with Crippen LogP contribution in [0.3, 0.4) is 0 Å². The van der Waals surface area contributed by atoms with Gasteiger partial charge in [-0.25, -0.2) is 4.39 Å². The second-order valence-electron chi connectivity index (χ2n) is 7.36. The summed E-state index contributed by atoms with van der Waals surface area (Å²) in [5.74, 6) is -1.41. The van der Waals surface area contributed by atoms with Crippen molar-refractivity contribution in [2.75, 3.05) is 0 Å². The molecule has 1 aromatic carbocycles. The second-order valence-corrected chi connectivity index (χ2v) is 7.36. The molecule has 4 N–H and O–H groups in total. The molecular weight excluding hydrogens is 339 g/mol. The van der Waals surface area contributed by atoms with E-state index in [4.69, 9.17) is 0 Å². The van der Waals surface area contributed by atoms with Gasteiger partial charge in [-0.2, -0.15) is 0 Å². The van der Waals surface area contributed by atoms with Gasteiger partial charge in [-0.3, -0.25) is 9.59 Å². The summed E-state index contributed by atoms with van der Waals surface area (Å²) in [7, 11) is 0. The largest absolute Gasteiger partial charge is 0.390 e. The number of amides is 2. The van der Waals surface area contributed by atoms with Crippen molar-refractivity contribution in [2.24, 2.45) is 0 Å². The summed E-state index contributed by atoms with van der Waals surface area (Å²) in [6.45, 7) is 3.09. The third-order valence-electron chi connectivity index (χ3n) is 4.72. The lowest BCUT2D eigenvalue weighted by Gasteiger charge is -2.30. The van der Waals surface area contributed by atoms with Crippen molar-refractivity contribution in [1.29, 1.82) is 0 Å². The number of hydrogen-bond donors (Lipinski definition) is 4. The van der Waals surface area contributed by atoms with Crippen LogP contribution >= 0.6 is 0 Å². The van der Waals surface area contributed by atoms with E-state index in [1.54, 1.807) is 26.0 Å². The lowest BCUT2D eigenvalue weighted by molar-refractivity contribution is -0.133. The van der Waals surface area contributed by atoms with Gasteiger partial charge < -0.3 is 20.8 Å². The summed E-state index contributed by atoms with van der Waals surface area (Å²) in [4.78, 5) is 24.8. The summed E-state index contributed by atoms with van der Waals surface area (Å²) in [5, 5.41) is 25.3. The smallest absolute Gasteiger partial charge is 0.245 e. The molecule has 0 unspecified atom stereocenters. The minimum Gasteiger partial charge on any atom is -0.390 e. The predicted octanol–water partition coefficient (Wildman–Crippen LogP) is 1.04. The summed E-state index contributed by atoms with van der Waals surface area (Å²) < 4.78 is 13.7. The fraction of sp³-hybridized carbons (Fsp3) is 0.579. The average molecular weight is 366 g/mol. The molecule has 0 radical (unpaired) electrons. The van der Waals surface area contributed by atoms with Crippen LogP contribution in [0.15, 0.2) is 24.3 Å². The van der Waals surface area contributed by atoms with Gasteiger partial charge in [0.2, 0.25) is 11.8 Å². The third kappa shape index (κ3) is 5.25. The van der Waals surface area contributed by atoms with Gasteiger partial charge in [-0.1, -0.05) is 31.0 Å². The number of nitrogens with one attached hydrogen (secondary N) is 2. The first-order valence-electron chi connectivity index (χ1n) is 8.92. The zero-order valence-corrected chi connectivity index (χ0v) is 15.2. The Morgan fingerprint density at radius 1 is 1.19 bits per heavy atom. The molecule has 144 valence electrons. The average Bonchev–Trinajstić information content (AvgIpc) is 2.72. The van der Waals surface area contributed by atoms with Crippen molar-refractivity contribution in [2.45, 2.75) is 69.7 Å². The van der Waals surface area contributed by atoms with Crippen LogP contribution in [-0.4, -0.2) is 45.8 Å². The predicted molar refractivity (Wildman–Crippen MR) is 94.7 cm³/mol. The van der Waals surface area contributed by atoms with Gasteiger partial charge >= 0.3 is 0 Å². The zero-order chi connectivity index (χ0) is 19.3. The highest BCUT2D eigenvalue weighted by Crippen LogP contribution is 2.19. The maximum Gasteiger partial charge on any atom is 0.245 e. The highest BCUT2D eigenvalue weighted by molar-refractivity contribution is 5.91. The molecular formula is C19H27FN2O4. The van der Waals surface area contributed by atoms with Crippen LogP contribution < -0.4 is 10.6 Å². The third-order valence-corrected chi connectivity index (χ3v) is 4.72. The zero-order valence-electron chi connectivity index (χ0n) is 15.2. The molecule has 1 aliphatic rings. The first kappa shape index (κ1) is 20.3. The summed E-state index contributed by atoms with van der Waals surface area (Å²) in [6.07, 6.45) is 0.549. The lowest BCUT2D eigenvalue weighted by atomic mass is 9.99. The molecule has 2 amide bonds. The maximum absolute atomic E-state index is 13.7. The van der Waals surface area contributed by atoms with Crippen molar-refractivity contribution in [3.63, 3.8) is 0 Å². The van der Waals surface area contributed by atoms with Crippen molar-refractivity contribution in [3.8, 4) is 0 Å². The number of carbonyl (C=O) groups excluding carboxylic acids is 2. The Balaban J connectivity index is 1.96. The van der Waals surface area contributed by atoms with Crippen LogP contribution in [0.1, 0.15) is 45.1 Å². The SMILES string of the molecule is CC(C)(NC(=O)Cc1ccccc1F)C(=O)N[C@@H]1CCCC[C@@H](O)[C@@H]1O. The van der Waals surface area contributed by atoms with E-state index < -0.39 is 41.4 Å². The summed E-state index contributed by atoms with van der Waals surface area (Å²) in [5.41, 5.74) is -0.984. The van der Waals surface area contributed by atoms with Crippen LogP contribution in [0.5, 0.6) is 0 Å². The molecule has 26 heavy (non-hydrogen) atoms. The molecule has 1 saturated carbocycles. The first-order valence-corrected chi connectivity index (χ1v) is 8.92. The van der Waals surface area contributed by atoms with E-state index in [2.05, 4.69) is 10.6 Å².